The van der Waals surface area contributed by atoms with Crippen molar-refractivity contribution in [3.63, 3.8) is 0 Å². The van der Waals surface area contributed by atoms with E-state index in [9.17, 15) is 8.42 Å². The first-order valence-electron chi connectivity index (χ1n) is 8.36. The number of pyridine rings is 1. The van der Waals surface area contributed by atoms with Crippen LogP contribution in [0.15, 0.2) is 53.7 Å². The van der Waals surface area contributed by atoms with Gasteiger partial charge in [-0.05, 0) is 30.3 Å². The summed E-state index contributed by atoms with van der Waals surface area (Å²) in [5.41, 5.74) is 2.76. The zero-order valence-electron chi connectivity index (χ0n) is 15.1. The van der Waals surface area contributed by atoms with E-state index < -0.39 is 10.0 Å². The van der Waals surface area contributed by atoms with E-state index >= 15 is 0 Å². The summed E-state index contributed by atoms with van der Waals surface area (Å²) in [5, 5.41) is 6.47. The van der Waals surface area contributed by atoms with E-state index in [1.165, 1.54) is 7.05 Å². The topological polar surface area (TPSA) is 95.5 Å². The maximum Gasteiger partial charge on any atom is 0.215 e. The van der Waals surface area contributed by atoms with Gasteiger partial charge in [0.1, 0.15) is 0 Å². The number of hydrogen-bond donors (Lipinski definition) is 3. The van der Waals surface area contributed by atoms with E-state index in [-0.39, 0.29) is 5.75 Å². The number of rotatable bonds is 8. The molecule has 8 heteroatoms. The summed E-state index contributed by atoms with van der Waals surface area (Å²) in [6.45, 7) is 1.27. The molecule has 0 aliphatic rings. The van der Waals surface area contributed by atoms with Crippen LogP contribution in [-0.4, -0.2) is 40.0 Å². The molecule has 0 atom stereocenters. The highest BCUT2D eigenvalue weighted by atomic mass is 32.2. The summed E-state index contributed by atoms with van der Waals surface area (Å²) in [4.78, 5) is 8.48. The van der Waals surface area contributed by atoms with E-state index in [0.29, 0.717) is 12.5 Å². The number of aliphatic imine (C=N–C) groups is 1. The molecule has 140 valence electrons. The second kappa shape index (κ2) is 9.88. The fraction of sp³-hybridized carbons (Fsp3) is 0.333. The molecular weight excluding hydrogens is 350 g/mol. The third kappa shape index (κ3) is 6.81. The second-order valence-electron chi connectivity index (χ2n) is 5.71. The molecule has 0 bridgehead atoms. The molecule has 0 saturated carbocycles. The van der Waals surface area contributed by atoms with E-state index in [1.807, 2.05) is 36.4 Å². The predicted molar refractivity (Wildman–Crippen MR) is 104 cm³/mol. The van der Waals surface area contributed by atoms with Crippen LogP contribution in [0, 0.1) is 0 Å². The van der Waals surface area contributed by atoms with Crippen molar-refractivity contribution in [1.29, 1.82) is 0 Å². The van der Waals surface area contributed by atoms with Gasteiger partial charge in [-0.1, -0.05) is 30.3 Å². The van der Waals surface area contributed by atoms with Crippen LogP contribution in [-0.2, 0) is 28.7 Å². The molecule has 26 heavy (non-hydrogen) atoms. The van der Waals surface area contributed by atoms with E-state index in [4.69, 9.17) is 0 Å². The van der Waals surface area contributed by atoms with Gasteiger partial charge in [-0.2, -0.15) is 0 Å². The molecule has 0 radical (unpaired) electrons. The highest BCUT2D eigenvalue weighted by Gasteiger charge is 2.09. The summed E-state index contributed by atoms with van der Waals surface area (Å²) >= 11 is 0. The van der Waals surface area contributed by atoms with E-state index in [1.54, 1.807) is 19.3 Å². The molecule has 0 fully saturated rings. The lowest BCUT2D eigenvalue weighted by Gasteiger charge is -2.12. The summed E-state index contributed by atoms with van der Waals surface area (Å²) in [7, 11) is -0.144. The highest BCUT2D eigenvalue weighted by Crippen LogP contribution is 2.08. The average molecular weight is 375 g/mol. The first kappa shape index (κ1) is 19.9. The van der Waals surface area contributed by atoms with Gasteiger partial charge in [-0.3, -0.25) is 9.98 Å². The van der Waals surface area contributed by atoms with Crippen LogP contribution in [0.3, 0.4) is 0 Å². The molecule has 0 unspecified atom stereocenters. The van der Waals surface area contributed by atoms with Gasteiger partial charge in [0.05, 0.1) is 5.75 Å². The van der Waals surface area contributed by atoms with Crippen molar-refractivity contribution in [2.75, 3.05) is 20.6 Å². The maximum atomic E-state index is 11.7. The molecule has 0 amide bonds. The lowest BCUT2D eigenvalue weighted by Crippen LogP contribution is -2.37. The molecule has 1 aromatic carbocycles. The molecule has 0 aliphatic heterocycles. The molecule has 7 nitrogen and oxygen atoms in total. The number of hydrogen-bond acceptors (Lipinski definition) is 4. The molecule has 1 heterocycles. The van der Waals surface area contributed by atoms with Gasteiger partial charge < -0.3 is 10.6 Å². The minimum atomic E-state index is -3.28. The van der Waals surface area contributed by atoms with Crippen molar-refractivity contribution in [2.45, 2.75) is 18.7 Å². The smallest absolute Gasteiger partial charge is 0.215 e. The van der Waals surface area contributed by atoms with Crippen LogP contribution in [0.25, 0.3) is 0 Å². The SMILES string of the molecule is CN=C(NCCc1ccccn1)NCc1cccc(CS(=O)(=O)NC)c1. The zero-order valence-corrected chi connectivity index (χ0v) is 15.9. The monoisotopic (exact) mass is 375 g/mol. The molecule has 2 rings (SSSR count). The number of aromatic nitrogens is 1. The number of benzene rings is 1. The van der Waals surface area contributed by atoms with Gasteiger partial charge in [0.2, 0.25) is 10.0 Å². The number of guanidine groups is 1. The maximum absolute atomic E-state index is 11.7. The van der Waals surface area contributed by atoms with Gasteiger partial charge in [0.25, 0.3) is 0 Å². The number of nitrogens with one attached hydrogen (secondary N) is 3. The lowest BCUT2D eigenvalue weighted by atomic mass is 10.1. The van der Waals surface area contributed by atoms with Crippen molar-refractivity contribution >= 4 is 16.0 Å². The minimum Gasteiger partial charge on any atom is -0.356 e. The molecule has 0 spiro atoms. The molecule has 0 saturated heterocycles. The predicted octanol–water partition coefficient (Wildman–Crippen LogP) is 1.04. The first-order valence-corrected chi connectivity index (χ1v) is 10.0. The number of sulfonamides is 1. The van der Waals surface area contributed by atoms with Crippen LogP contribution in [0.5, 0.6) is 0 Å². The third-order valence-corrected chi connectivity index (χ3v) is 5.08. The molecular formula is C18H25N5O2S. The average Bonchev–Trinajstić information content (AvgIpc) is 2.65. The van der Waals surface area contributed by atoms with Crippen LogP contribution < -0.4 is 15.4 Å². The van der Waals surface area contributed by atoms with Gasteiger partial charge in [0.15, 0.2) is 5.96 Å². The van der Waals surface area contributed by atoms with Crippen molar-refractivity contribution in [1.82, 2.24) is 20.3 Å². The highest BCUT2D eigenvalue weighted by molar-refractivity contribution is 7.88. The zero-order chi connectivity index (χ0) is 18.8. The Labute approximate surface area is 155 Å². The van der Waals surface area contributed by atoms with Crippen molar-refractivity contribution < 1.29 is 8.42 Å². The Hall–Kier alpha value is -2.45. The summed E-state index contributed by atoms with van der Waals surface area (Å²) in [6.07, 6.45) is 2.59. The first-order chi connectivity index (χ1) is 12.5. The molecule has 3 N–H and O–H groups in total. The van der Waals surface area contributed by atoms with E-state index in [0.717, 1.165) is 29.8 Å². The van der Waals surface area contributed by atoms with Gasteiger partial charge >= 0.3 is 0 Å². The Morgan fingerprint density at radius 2 is 1.92 bits per heavy atom. The second-order valence-corrected chi connectivity index (χ2v) is 7.63. The molecule has 1 aromatic heterocycles. The Kier molecular flexibility index (Phi) is 7.55. The van der Waals surface area contributed by atoms with Crippen LogP contribution >= 0.6 is 0 Å². The molecule has 0 aliphatic carbocycles. The Morgan fingerprint density at radius 1 is 1.12 bits per heavy atom. The quantitative estimate of drug-likeness (QED) is 0.473. The fourth-order valence-corrected chi connectivity index (χ4v) is 3.15. The summed E-state index contributed by atoms with van der Waals surface area (Å²) < 4.78 is 25.7. The van der Waals surface area contributed by atoms with Gasteiger partial charge in [-0.25, -0.2) is 13.1 Å². The third-order valence-electron chi connectivity index (χ3n) is 3.74. The van der Waals surface area contributed by atoms with Crippen molar-refractivity contribution in [2.24, 2.45) is 4.99 Å². The van der Waals surface area contributed by atoms with Crippen molar-refractivity contribution in [3.8, 4) is 0 Å². The van der Waals surface area contributed by atoms with Crippen molar-refractivity contribution in [3.05, 3.63) is 65.5 Å². The number of nitrogens with zero attached hydrogens (tertiary/aromatic N) is 2. The van der Waals surface area contributed by atoms with Gasteiger partial charge in [-0.15, -0.1) is 0 Å². The summed E-state index contributed by atoms with van der Waals surface area (Å²) in [6, 6.07) is 13.3. The van der Waals surface area contributed by atoms with Crippen LogP contribution in [0.1, 0.15) is 16.8 Å². The van der Waals surface area contributed by atoms with Crippen LogP contribution in [0.4, 0.5) is 0 Å². The normalized spacial score (nSPS) is 12.0. The van der Waals surface area contributed by atoms with Gasteiger partial charge in [0, 0.05) is 38.4 Å². The Balaban J connectivity index is 1.84. The van der Waals surface area contributed by atoms with Crippen LogP contribution in [0.2, 0.25) is 0 Å². The largest absolute Gasteiger partial charge is 0.356 e. The fourth-order valence-electron chi connectivity index (χ4n) is 2.38. The molecule has 2 aromatic rings. The Morgan fingerprint density at radius 3 is 2.62 bits per heavy atom. The van der Waals surface area contributed by atoms with E-state index in [2.05, 4.69) is 25.3 Å². The summed E-state index contributed by atoms with van der Waals surface area (Å²) in [5.74, 6) is 0.656. The standard InChI is InChI=1S/C18H25N5O2S/c1-19-18(22-11-9-17-8-3-4-10-21-17)23-13-15-6-5-7-16(12-15)14-26(24,25)20-2/h3-8,10,12,20H,9,11,13-14H2,1-2H3,(H2,19,22,23). The lowest BCUT2D eigenvalue weighted by molar-refractivity contribution is 0.587. The Bertz CT molecular complexity index is 822. The minimum absolute atomic E-state index is 0.0333.